The van der Waals surface area contributed by atoms with E-state index in [0.717, 1.165) is 43.6 Å². The number of β-amino-alcohol motifs (C(OH)–C–C–N with tert-alkyl or cyclic N) is 2. The van der Waals surface area contributed by atoms with Gasteiger partial charge >= 0.3 is 0 Å². The summed E-state index contributed by atoms with van der Waals surface area (Å²) in [6, 6.07) is 13.0. The standard InChI is InChI=1S/C22H25FN2O3/c23-19-7-5-18(6-8-19)22(27,28)15-24-11-9-16(10-12-24)13-25-14-17-3-1-2-4-20(17)21(25)26/h1-8,16,27-28H,9-15H2. The summed E-state index contributed by atoms with van der Waals surface area (Å²) >= 11 is 0. The lowest BCUT2D eigenvalue weighted by molar-refractivity contribution is -0.185. The van der Waals surface area contributed by atoms with Crippen LogP contribution in [0.4, 0.5) is 4.39 Å². The molecule has 2 heterocycles. The van der Waals surface area contributed by atoms with Crippen molar-refractivity contribution in [2.75, 3.05) is 26.2 Å². The average molecular weight is 384 g/mol. The van der Waals surface area contributed by atoms with Crippen LogP contribution in [-0.2, 0) is 12.3 Å². The molecule has 2 aliphatic rings. The predicted molar refractivity (Wildman–Crippen MR) is 103 cm³/mol. The Morgan fingerprint density at radius 3 is 2.39 bits per heavy atom. The summed E-state index contributed by atoms with van der Waals surface area (Å²) in [5.74, 6) is -1.89. The molecule has 0 aromatic heterocycles. The zero-order chi connectivity index (χ0) is 19.7. The van der Waals surface area contributed by atoms with Crippen LogP contribution in [0.1, 0.15) is 34.3 Å². The van der Waals surface area contributed by atoms with Crippen LogP contribution in [0.3, 0.4) is 0 Å². The van der Waals surface area contributed by atoms with Gasteiger partial charge in [-0.1, -0.05) is 30.3 Å². The molecule has 1 saturated heterocycles. The average Bonchev–Trinajstić information content (AvgIpc) is 2.99. The zero-order valence-corrected chi connectivity index (χ0v) is 15.7. The van der Waals surface area contributed by atoms with E-state index in [9.17, 15) is 19.4 Å². The first-order valence-corrected chi connectivity index (χ1v) is 9.73. The molecule has 2 aromatic carbocycles. The van der Waals surface area contributed by atoms with Crippen LogP contribution < -0.4 is 0 Å². The maximum absolute atomic E-state index is 13.1. The second-order valence-corrected chi connectivity index (χ2v) is 7.89. The van der Waals surface area contributed by atoms with Gasteiger partial charge in [-0.05, 0) is 55.6 Å². The number of hydrogen-bond donors (Lipinski definition) is 2. The Bertz CT molecular complexity index is 845. The molecule has 0 bridgehead atoms. The fraction of sp³-hybridized carbons (Fsp3) is 0.409. The largest absolute Gasteiger partial charge is 0.361 e. The molecule has 2 aliphatic heterocycles. The van der Waals surface area contributed by atoms with E-state index in [-0.39, 0.29) is 18.0 Å². The normalized spacial score (nSPS) is 18.5. The van der Waals surface area contributed by atoms with Gasteiger partial charge in [0, 0.05) is 24.2 Å². The summed E-state index contributed by atoms with van der Waals surface area (Å²) in [5.41, 5.74) is 2.19. The molecular formula is C22H25FN2O3. The van der Waals surface area contributed by atoms with Crippen LogP contribution in [0.2, 0.25) is 0 Å². The van der Waals surface area contributed by atoms with Crippen LogP contribution in [0, 0.1) is 11.7 Å². The number of piperidine rings is 1. The summed E-state index contributed by atoms with van der Waals surface area (Å²) in [4.78, 5) is 16.5. The minimum absolute atomic E-state index is 0.0828. The number of carbonyl (C=O) groups is 1. The van der Waals surface area contributed by atoms with Crippen molar-refractivity contribution in [2.24, 2.45) is 5.92 Å². The number of amides is 1. The summed E-state index contributed by atoms with van der Waals surface area (Å²) in [7, 11) is 0. The van der Waals surface area contributed by atoms with Crippen molar-refractivity contribution >= 4 is 5.91 Å². The fourth-order valence-corrected chi connectivity index (χ4v) is 4.22. The van der Waals surface area contributed by atoms with Gasteiger partial charge in [0.1, 0.15) is 5.82 Å². The van der Waals surface area contributed by atoms with E-state index < -0.39 is 11.6 Å². The minimum atomic E-state index is -2.01. The first-order valence-electron chi connectivity index (χ1n) is 9.73. The van der Waals surface area contributed by atoms with E-state index >= 15 is 0 Å². The molecule has 1 fully saturated rings. The maximum atomic E-state index is 13.1. The Hall–Kier alpha value is -2.28. The fourth-order valence-electron chi connectivity index (χ4n) is 4.22. The topological polar surface area (TPSA) is 64.0 Å². The van der Waals surface area contributed by atoms with Crippen LogP contribution in [0.5, 0.6) is 0 Å². The Labute approximate surface area is 164 Å². The first-order chi connectivity index (χ1) is 13.4. The third kappa shape index (κ3) is 3.94. The van der Waals surface area contributed by atoms with E-state index in [2.05, 4.69) is 0 Å². The molecule has 6 heteroatoms. The van der Waals surface area contributed by atoms with Crippen molar-refractivity contribution in [3.8, 4) is 0 Å². The Kier molecular flexibility index (Phi) is 5.19. The van der Waals surface area contributed by atoms with Gasteiger partial charge in [-0.15, -0.1) is 0 Å². The number of nitrogens with zero attached hydrogens (tertiary/aromatic N) is 2. The summed E-state index contributed by atoms with van der Waals surface area (Å²) in [6.45, 7) is 2.98. The zero-order valence-electron chi connectivity index (χ0n) is 15.7. The number of likely N-dealkylation sites (tertiary alicyclic amines) is 1. The van der Waals surface area contributed by atoms with Crippen molar-refractivity contribution in [3.63, 3.8) is 0 Å². The summed E-state index contributed by atoms with van der Waals surface area (Å²) in [5, 5.41) is 20.8. The number of aliphatic hydroxyl groups is 2. The van der Waals surface area contributed by atoms with Gasteiger partial charge in [-0.25, -0.2) is 4.39 Å². The van der Waals surface area contributed by atoms with Crippen molar-refractivity contribution in [1.29, 1.82) is 0 Å². The van der Waals surface area contributed by atoms with Crippen LogP contribution in [0.15, 0.2) is 48.5 Å². The van der Waals surface area contributed by atoms with E-state index in [4.69, 9.17) is 0 Å². The molecule has 0 atom stereocenters. The molecule has 2 aromatic rings. The number of carbonyl (C=O) groups excluding carboxylic acids is 1. The number of fused-ring (bicyclic) bond motifs is 1. The monoisotopic (exact) mass is 384 g/mol. The van der Waals surface area contributed by atoms with E-state index in [1.165, 1.54) is 24.3 Å². The number of halogens is 1. The maximum Gasteiger partial charge on any atom is 0.254 e. The van der Waals surface area contributed by atoms with Crippen molar-refractivity contribution in [3.05, 3.63) is 71.0 Å². The number of benzene rings is 2. The molecule has 0 saturated carbocycles. The van der Waals surface area contributed by atoms with Crippen LogP contribution in [-0.4, -0.2) is 52.1 Å². The molecule has 0 radical (unpaired) electrons. The molecular weight excluding hydrogens is 359 g/mol. The number of hydrogen-bond acceptors (Lipinski definition) is 4. The number of rotatable bonds is 5. The minimum Gasteiger partial charge on any atom is -0.361 e. The van der Waals surface area contributed by atoms with Crippen molar-refractivity contribution < 1.29 is 19.4 Å². The van der Waals surface area contributed by atoms with Crippen LogP contribution in [0.25, 0.3) is 0 Å². The van der Waals surface area contributed by atoms with E-state index in [0.29, 0.717) is 12.5 Å². The van der Waals surface area contributed by atoms with E-state index in [1.807, 2.05) is 34.1 Å². The molecule has 4 rings (SSSR count). The second kappa shape index (κ2) is 7.62. The predicted octanol–water partition coefficient (Wildman–Crippen LogP) is 2.33. The molecule has 2 N–H and O–H groups in total. The lowest BCUT2D eigenvalue weighted by atomic mass is 9.95. The third-order valence-corrected chi connectivity index (χ3v) is 5.83. The molecule has 0 spiro atoms. The Balaban J connectivity index is 1.29. The Morgan fingerprint density at radius 2 is 1.71 bits per heavy atom. The molecule has 28 heavy (non-hydrogen) atoms. The lowest BCUT2D eigenvalue weighted by Crippen LogP contribution is -2.45. The van der Waals surface area contributed by atoms with Gasteiger partial charge in [0.05, 0.1) is 6.54 Å². The molecule has 148 valence electrons. The highest BCUT2D eigenvalue weighted by molar-refractivity contribution is 5.98. The van der Waals surface area contributed by atoms with Gasteiger partial charge in [0.15, 0.2) is 0 Å². The lowest BCUT2D eigenvalue weighted by Gasteiger charge is -2.37. The van der Waals surface area contributed by atoms with Crippen molar-refractivity contribution in [1.82, 2.24) is 9.80 Å². The highest BCUT2D eigenvalue weighted by Crippen LogP contribution is 2.28. The van der Waals surface area contributed by atoms with Gasteiger partial charge in [0.2, 0.25) is 5.79 Å². The van der Waals surface area contributed by atoms with Gasteiger partial charge in [-0.3, -0.25) is 9.69 Å². The van der Waals surface area contributed by atoms with Crippen LogP contribution >= 0.6 is 0 Å². The molecule has 5 nitrogen and oxygen atoms in total. The summed E-state index contributed by atoms with van der Waals surface area (Å²) < 4.78 is 13.1. The molecule has 0 unspecified atom stereocenters. The van der Waals surface area contributed by atoms with Gasteiger partial charge < -0.3 is 15.1 Å². The first kappa shape index (κ1) is 19.1. The third-order valence-electron chi connectivity index (χ3n) is 5.83. The molecule has 1 amide bonds. The smallest absolute Gasteiger partial charge is 0.254 e. The summed E-state index contributed by atoms with van der Waals surface area (Å²) in [6.07, 6.45) is 1.80. The SMILES string of the molecule is O=C1c2ccccc2CN1CC1CCN(CC(O)(O)c2ccc(F)cc2)CC1. The molecule has 0 aliphatic carbocycles. The quantitative estimate of drug-likeness (QED) is 0.777. The second-order valence-electron chi connectivity index (χ2n) is 7.89. The van der Waals surface area contributed by atoms with E-state index in [1.54, 1.807) is 0 Å². The van der Waals surface area contributed by atoms with Crippen molar-refractivity contribution in [2.45, 2.75) is 25.2 Å². The van der Waals surface area contributed by atoms with Gasteiger partial charge in [-0.2, -0.15) is 0 Å². The highest BCUT2D eigenvalue weighted by atomic mass is 19.1. The highest BCUT2D eigenvalue weighted by Gasteiger charge is 2.33. The van der Waals surface area contributed by atoms with Gasteiger partial charge in [0.25, 0.3) is 5.91 Å². The Morgan fingerprint density at radius 1 is 1.04 bits per heavy atom.